The topological polar surface area (TPSA) is 105 Å². The molecule has 0 spiro atoms. The van der Waals surface area contributed by atoms with Crippen LogP contribution in [0.1, 0.15) is 16.7 Å². The van der Waals surface area contributed by atoms with Gasteiger partial charge in [0.1, 0.15) is 16.5 Å². The molecule has 8 heteroatoms. The van der Waals surface area contributed by atoms with Crippen LogP contribution in [0.3, 0.4) is 0 Å². The Hall–Kier alpha value is -4.09. The highest BCUT2D eigenvalue weighted by atomic mass is 32.2. The number of benzene rings is 3. The molecule has 168 valence electrons. The van der Waals surface area contributed by atoms with Crippen molar-refractivity contribution in [3.05, 3.63) is 95.1 Å². The Balaban J connectivity index is 1.78. The van der Waals surface area contributed by atoms with Crippen molar-refractivity contribution < 1.29 is 22.1 Å². The van der Waals surface area contributed by atoms with E-state index in [4.69, 9.17) is 8.92 Å². The molecule has 0 saturated heterocycles. The predicted octanol–water partition coefficient (Wildman–Crippen LogP) is 3.99. The van der Waals surface area contributed by atoms with Crippen molar-refractivity contribution in [1.29, 1.82) is 5.26 Å². The van der Waals surface area contributed by atoms with Crippen molar-refractivity contribution >= 4 is 22.1 Å². The Morgan fingerprint density at radius 2 is 1.73 bits per heavy atom. The van der Waals surface area contributed by atoms with Crippen molar-refractivity contribution in [3.8, 4) is 17.6 Å². The number of carbonyl (C=O) groups excluding carboxylic acids is 1. The molecule has 0 aromatic heterocycles. The zero-order chi connectivity index (χ0) is 23.8. The van der Waals surface area contributed by atoms with E-state index < -0.39 is 16.0 Å². The van der Waals surface area contributed by atoms with Crippen LogP contribution in [0.5, 0.6) is 11.5 Å². The quantitative estimate of drug-likeness (QED) is 0.308. The smallest absolute Gasteiger partial charge is 0.339 e. The van der Waals surface area contributed by atoms with Crippen molar-refractivity contribution in [1.82, 2.24) is 5.32 Å². The molecule has 33 heavy (non-hydrogen) atoms. The van der Waals surface area contributed by atoms with E-state index in [0.29, 0.717) is 5.56 Å². The molecule has 0 aliphatic heterocycles. The van der Waals surface area contributed by atoms with Gasteiger partial charge in [-0.1, -0.05) is 54.1 Å². The van der Waals surface area contributed by atoms with E-state index >= 15 is 0 Å². The van der Waals surface area contributed by atoms with E-state index in [-0.39, 0.29) is 28.5 Å². The Morgan fingerprint density at radius 1 is 1.03 bits per heavy atom. The normalized spacial score (nSPS) is 11.4. The van der Waals surface area contributed by atoms with Crippen LogP contribution in [0.15, 0.2) is 83.3 Å². The first-order chi connectivity index (χ1) is 15.8. The van der Waals surface area contributed by atoms with Gasteiger partial charge in [-0.3, -0.25) is 4.79 Å². The Labute approximate surface area is 193 Å². The molecule has 0 aliphatic rings. The molecular weight excluding hydrogens is 440 g/mol. The molecule has 0 radical (unpaired) electrons. The summed E-state index contributed by atoms with van der Waals surface area (Å²) in [5.74, 6) is -0.397. The number of rotatable bonds is 8. The third-order valence-corrected chi connectivity index (χ3v) is 5.92. The van der Waals surface area contributed by atoms with Gasteiger partial charge in [-0.2, -0.15) is 13.7 Å². The van der Waals surface area contributed by atoms with Crippen molar-refractivity contribution in [2.24, 2.45) is 0 Å². The summed E-state index contributed by atoms with van der Waals surface area (Å²) in [5, 5.41) is 12.1. The number of hydrogen-bond donors (Lipinski definition) is 1. The number of aryl methyl sites for hydroxylation is 1. The third kappa shape index (κ3) is 6.21. The Kier molecular flexibility index (Phi) is 7.49. The fourth-order valence-electron chi connectivity index (χ4n) is 2.90. The maximum absolute atomic E-state index is 12.6. The van der Waals surface area contributed by atoms with Crippen LogP contribution in [0, 0.1) is 18.3 Å². The van der Waals surface area contributed by atoms with Gasteiger partial charge in [0.15, 0.2) is 11.5 Å². The number of nitrogens with one attached hydrogen (secondary N) is 1. The van der Waals surface area contributed by atoms with E-state index in [0.717, 1.165) is 11.1 Å². The van der Waals surface area contributed by atoms with Gasteiger partial charge in [0.25, 0.3) is 5.91 Å². The summed E-state index contributed by atoms with van der Waals surface area (Å²) in [6.07, 6.45) is 1.39. The first kappa shape index (κ1) is 23.6. The van der Waals surface area contributed by atoms with Crippen LogP contribution in [-0.2, 0) is 21.5 Å². The summed E-state index contributed by atoms with van der Waals surface area (Å²) in [7, 11) is -2.70. The number of amides is 1. The van der Waals surface area contributed by atoms with Gasteiger partial charge in [-0.25, -0.2) is 0 Å². The SMILES string of the molecule is COc1cc(/C=C(\C#N)C(=O)NCc2ccccc2)ccc1OS(=O)(=O)c1ccc(C)cc1. The molecule has 0 heterocycles. The summed E-state index contributed by atoms with van der Waals surface area (Å²) in [4.78, 5) is 12.4. The number of ether oxygens (including phenoxy) is 1. The molecule has 3 rings (SSSR count). The van der Waals surface area contributed by atoms with Crippen molar-refractivity contribution in [2.75, 3.05) is 7.11 Å². The van der Waals surface area contributed by atoms with Gasteiger partial charge >= 0.3 is 10.1 Å². The number of nitriles is 1. The van der Waals surface area contributed by atoms with Gasteiger partial charge in [0, 0.05) is 6.54 Å². The summed E-state index contributed by atoms with van der Waals surface area (Å²) < 4.78 is 35.7. The molecule has 0 aliphatic carbocycles. The lowest BCUT2D eigenvalue weighted by Gasteiger charge is -2.12. The first-order valence-corrected chi connectivity index (χ1v) is 11.4. The van der Waals surface area contributed by atoms with Gasteiger partial charge in [-0.05, 0) is 48.4 Å². The lowest BCUT2D eigenvalue weighted by Crippen LogP contribution is -2.23. The summed E-state index contributed by atoms with van der Waals surface area (Å²) >= 11 is 0. The largest absolute Gasteiger partial charge is 0.493 e. The van der Waals surface area contributed by atoms with E-state index in [9.17, 15) is 18.5 Å². The molecule has 7 nitrogen and oxygen atoms in total. The maximum Gasteiger partial charge on any atom is 0.339 e. The lowest BCUT2D eigenvalue weighted by atomic mass is 10.1. The van der Waals surface area contributed by atoms with Gasteiger partial charge in [0.05, 0.1) is 7.11 Å². The summed E-state index contributed by atoms with van der Waals surface area (Å²) in [6, 6.07) is 21.9. The fraction of sp³-hybridized carbons (Fsp3) is 0.120. The molecule has 3 aromatic rings. The molecule has 0 bridgehead atoms. The van der Waals surface area contributed by atoms with Crippen LogP contribution in [0.4, 0.5) is 0 Å². The Morgan fingerprint density at radius 3 is 2.36 bits per heavy atom. The minimum atomic E-state index is -4.06. The average molecular weight is 463 g/mol. The highest BCUT2D eigenvalue weighted by molar-refractivity contribution is 7.87. The zero-order valence-corrected chi connectivity index (χ0v) is 18.9. The van der Waals surface area contributed by atoms with Crippen LogP contribution >= 0.6 is 0 Å². The van der Waals surface area contributed by atoms with Crippen LogP contribution in [-0.4, -0.2) is 21.4 Å². The monoisotopic (exact) mass is 462 g/mol. The average Bonchev–Trinajstić information content (AvgIpc) is 2.82. The minimum Gasteiger partial charge on any atom is -0.493 e. The second kappa shape index (κ2) is 10.5. The predicted molar refractivity (Wildman–Crippen MR) is 124 cm³/mol. The highest BCUT2D eigenvalue weighted by Gasteiger charge is 2.19. The Bertz CT molecular complexity index is 1310. The van der Waals surface area contributed by atoms with Crippen molar-refractivity contribution in [3.63, 3.8) is 0 Å². The lowest BCUT2D eigenvalue weighted by molar-refractivity contribution is -0.117. The fourth-order valence-corrected chi connectivity index (χ4v) is 3.84. The van der Waals surface area contributed by atoms with Crippen LogP contribution in [0.25, 0.3) is 6.08 Å². The second-order valence-corrected chi connectivity index (χ2v) is 8.65. The number of hydrogen-bond acceptors (Lipinski definition) is 6. The van der Waals surface area contributed by atoms with Crippen molar-refractivity contribution in [2.45, 2.75) is 18.4 Å². The van der Waals surface area contributed by atoms with Gasteiger partial charge < -0.3 is 14.2 Å². The number of methoxy groups -OCH3 is 1. The molecule has 3 aromatic carbocycles. The summed E-state index contributed by atoms with van der Waals surface area (Å²) in [6.45, 7) is 2.13. The standard InChI is InChI=1S/C25H22N2O5S/c1-18-8-11-22(12-9-18)33(29,30)32-23-13-10-20(15-24(23)31-2)14-21(16-26)25(28)27-17-19-6-4-3-5-7-19/h3-15H,17H2,1-2H3,(H,27,28)/b21-14+. The van der Waals surface area contributed by atoms with Gasteiger partial charge in [0.2, 0.25) is 0 Å². The number of nitrogens with zero attached hydrogens (tertiary/aromatic N) is 1. The molecule has 0 atom stereocenters. The number of carbonyl (C=O) groups is 1. The molecule has 0 saturated carbocycles. The molecule has 1 amide bonds. The first-order valence-electron chi connectivity index (χ1n) is 9.95. The second-order valence-electron chi connectivity index (χ2n) is 7.10. The van der Waals surface area contributed by atoms with E-state index in [2.05, 4.69) is 5.32 Å². The maximum atomic E-state index is 12.6. The van der Waals surface area contributed by atoms with E-state index in [1.54, 1.807) is 12.1 Å². The minimum absolute atomic E-state index is 0.0118. The molecule has 0 fully saturated rings. The van der Waals surface area contributed by atoms with E-state index in [1.165, 1.54) is 43.5 Å². The molecule has 1 N–H and O–H groups in total. The van der Waals surface area contributed by atoms with Crippen LogP contribution < -0.4 is 14.2 Å². The van der Waals surface area contributed by atoms with Crippen LogP contribution in [0.2, 0.25) is 0 Å². The summed E-state index contributed by atoms with van der Waals surface area (Å²) in [5.41, 5.74) is 2.19. The molecular formula is C25H22N2O5S. The zero-order valence-electron chi connectivity index (χ0n) is 18.1. The molecule has 0 unspecified atom stereocenters. The third-order valence-electron chi connectivity index (χ3n) is 4.67. The van der Waals surface area contributed by atoms with E-state index in [1.807, 2.05) is 43.3 Å². The van der Waals surface area contributed by atoms with Gasteiger partial charge in [-0.15, -0.1) is 0 Å². The highest BCUT2D eigenvalue weighted by Crippen LogP contribution is 2.31.